The summed E-state index contributed by atoms with van der Waals surface area (Å²) in [5.41, 5.74) is 1.48. The maximum Gasteiger partial charge on any atom is 0.305 e. The molecule has 296 valence electrons. The lowest BCUT2D eigenvalue weighted by molar-refractivity contribution is -0.142. The first-order valence-corrected chi connectivity index (χ1v) is 21.7. The fraction of sp³-hybridized carbons (Fsp3) is 0.667. The number of benzene rings is 2. The maximum absolute atomic E-state index is 15.1. The number of likely N-dealkylation sites (tertiary alicyclic amines) is 3. The van der Waals surface area contributed by atoms with E-state index >= 15 is 4.39 Å². The molecule has 0 bridgehead atoms. The summed E-state index contributed by atoms with van der Waals surface area (Å²) >= 11 is 0. The average molecular weight is 767 g/mol. The summed E-state index contributed by atoms with van der Waals surface area (Å²) in [6.45, 7) is 9.48. The van der Waals surface area contributed by atoms with Gasteiger partial charge in [-0.05, 0) is 131 Å². The van der Waals surface area contributed by atoms with Crippen molar-refractivity contribution in [1.29, 1.82) is 0 Å². The van der Waals surface area contributed by atoms with Crippen LogP contribution in [0.15, 0.2) is 53.4 Å². The quantitative estimate of drug-likeness (QED) is 0.257. The van der Waals surface area contributed by atoms with Crippen LogP contribution in [-0.4, -0.2) is 126 Å². The molecule has 12 heteroatoms. The fourth-order valence-corrected chi connectivity index (χ4v) is 12.4. The first-order chi connectivity index (χ1) is 26.0. The van der Waals surface area contributed by atoms with Crippen molar-refractivity contribution in [2.45, 2.75) is 85.9 Å². The zero-order valence-corrected chi connectivity index (χ0v) is 33.2. The molecule has 54 heavy (non-hydrogen) atoms. The van der Waals surface area contributed by atoms with Gasteiger partial charge in [0.05, 0.1) is 30.3 Å². The van der Waals surface area contributed by atoms with Crippen LogP contribution in [0.4, 0.5) is 10.1 Å². The molecule has 0 unspecified atom stereocenters. The molecule has 0 N–H and O–H groups in total. The summed E-state index contributed by atoms with van der Waals surface area (Å²) in [4.78, 5) is 33.8. The molecular formula is C42H59FN4O6S. The molecule has 0 spiro atoms. The van der Waals surface area contributed by atoms with E-state index in [4.69, 9.17) is 9.47 Å². The number of carbonyl (C=O) groups is 2. The zero-order chi connectivity index (χ0) is 38.1. The molecule has 2 aromatic rings. The van der Waals surface area contributed by atoms with Gasteiger partial charge in [0.1, 0.15) is 11.4 Å². The van der Waals surface area contributed by atoms with Crippen molar-refractivity contribution in [3.63, 3.8) is 0 Å². The van der Waals surface area contributed by atoms with Crippen LogP contribution < -0.4 is 4.90 Å². The Labute approximate surface area is 321 Å². The smallest absolute Gasteiger partial charge is 0.305 e. The van der Waals surface area contributed by atoms with Crippen LogP contribution in [0.5, 0.6) is 0 Å². The molecule has 0 aromatic heterocycles. The SMILES string of the molecule is COC(=O)C[C@H]1CCC[C@@H]1[C@](CN1CCC1)(c1cccc(F)c1)C1CCN(CC2(OC)CN(c3ccc(S(=O)(=O)[C@@H]4CCCN(C(C)=O)C4)cc3)C2)CC1. The van der Waals surface area contributed by atoms with Gasteiger partial charge in [-0.15, -0.1) is 0 Å². The Kier molecular flexibility index (Phi) is 11.8. The molecule has 1 saturated carbocycles. The summed E-state index contributed by atoms with van der Waals surface area (Å²) in [5, 5.41) is -0.579. The molecule has 5 fully saturated rings. The standard InChI is InChI=1S/C42H59FN4O6S/c1-31(48)46-21-6-11-38(26-46)54(50,51)37-15-13-36(14-16-37)47-28-41(29-47,53-3)27-45-22-17-33(18-23-45)42(30-44-19-7-20-44,34-9-5-10-35(43)25-34)39-12-4-8-32(39)24-40(49)52-2/h5,9-10,13-16,25,32-33,38-39H,4,6-8,11-12,17-24,26-30H2,1-3H3/t32-,38-,39+,42+/m1/s1. The highest BCUT2D eigenvalue weighted by molar-refractivity contribution is 7.92. The minimum atomic E-state index is -3.55. The van der Waals surface area contributed by atoms with E-state index in [-0.39, 0.29) is 47.1 Å². The molecule has 5 aliphatic rings. The topological polar surface area (TPSA) is 99.7 Å². The van der Waals surface area contributed by atoms with Gasteiger partial charge < -0.3 is 29.1 Å². The number of hydrogen-bond acceptors (Lipinski definition) is 9. The van der Waals surface area contributed by atoms with Gasteiger partial charge in [0, 0.05) is 57.7 Å². The Morgan fingerprint density at radius 3 is 2.26 bits per heavy atom. The van der Waals surface area contributed by atoms with E-state index in [1.54, 1.807) is 36.3 Å². The van der Waals surface area contributed by atoms with Gasteiger partial charge in [-0.25, -0.2) is 12.8 Å². The van der Waals surface area contributed by atoms with Crippen LogP contribution in [0.3, 0.4) is 0 Å². The molecule has 0 radical (unpaired) electrons. The number of hydrogen-bond donors (Lipinski definition) is 0. The van der Waals surface area contributed by atoms with Crippen LogP contribution in [-0.2, 0) is 34.3 Å². The van der Waals surface area contributed by atoms with Gasteiger partial charge in [-0.2, -0.15) is 0 Å². The lowest BCUT2D eigenvalue weighted by Crippen LogP contribution is -2.68. The van der Waals surface area contributed by atoms with Crippen molar-refractivity contribution in [3.05, 3.63) is 59.9 Å². The largest absolute Gasteiger partial charge is 0.469 e. The molecule has 4 aliphatic heterocycles. The summed E-state index contributed by atoms with van der Waals surface area (Å²) in [5.74, 6) is 0.420. The van der Waals surface area contributed by atoms with Crippen LogP contribution in [0.25, 0.3) is 0 Å². The number of piperidine rings is 2. The van der Waals surface area contributed by atoms with E-state index in [1.165, 1.54) is 20.5 Å². The van der Waals surface area contributed by atoms with Crippen LogP contribution in [0.2, 0.25) is 0 Å². The molecule has 4 atom stereocenters. The second-order valence-corrected chi connectivity index (χ2v) is 19.0. The van der Waals surface area contributed by atoms with Gasteiger partial charge >= 0.3 is 5.97 Å². The number of carbonyl (C=O) groups excluding carboxylic acids is 2. The number of rotatable bonds is 13. The minimum absolute atomic E-state index is 0.0807. The third kappa shape index (κ3) is 7.82. The number of nitrogens with zero attached hydrogens (tertiary/aromatic N) is 4. The Hall–Kier alpha value is -3.06. The van der Waals surface area contributed by atoms with Crippen molar-refractivity contribution in [1.82, 2.24) is 14.7 Å². The first-order valence-electron chi connectivity index (χ1n) is 20.1. The summed E-state index contributed by atoms with van der Waals surface area (Å²) in [7, 11) is -0.283. The third-order valence-electron chi connectivity index (χ3n) is 13.8. The number of anilines is 1. The maximum atomic E-state index is 15.1. The highest BCUT2D eigenvalue weighted by Gasteiger charge is 2.53. The predicted octanol–water partition coefficient (Wildman–Crippen LogP) is 5.15. The Bertz CT molecular complexity index is 1740. The lowest BCUT2D eigenvalue weighted by atomic mass is 9.56. The van der Waals surface area contributed by atoms with Crippen molar-refractivity contribution >= 4 is 27.4 Å². The number of sulfone groups is 1. The number of halogens is 1. The van der Waals surface area contributed by atoms with Crippen LogP contribution in [0, 0.1) is 23.6 Å². The van der Waals surface area contributed by atoms with Crippen molar-refractivity contribution in [3.8, 4) is 0 Å². The van der Waals surface area contributed by atoms with Crippen molar-refractivity contribution in [2.75, 3.05) is 84.6 Å². The predicted molar refractivity (Wildman–Crippen MR) is 207 cm³/mol. The Morgan fingerprint density at radius 2 is 1.63 bits per heavy atom. The van der Waals surface area contributed by atoms with E-state index < -0.39 is 15.1 Å². The molecule has 1 aliphatic carbocycles. The van der Waals surface area contributed by atoms with Crippen LogP contribution in [0.1, 0.15) is 70.3 Å². The minimum Gasteiger partial charge on any atom is -0.469 e. The molecule has 1 amide bonds. The van der Waals surface area contributed by atoms with E-state index in [2.05, 4.69) is 20.8 Å². The van der Waals surface area contributed by atoms with E-state index in [9.17, 15) is 18.0 Å². The molecule has 4 heterocycles. The first kappa shape index (κ1) is 39.2. The van der Waals surface area contributed by atoms with Crippen LogP contribution >= 0.6 is 0 Å². The average Bonchev–Trinajstić information content (AvgIpc) is 3.61. The molecular weight excluding hydrogens is 708 g/mol. The number of methoxy groups -OCH3 is 2. The van der Waals surface area contributed by atoms with Gasteiger partial charge in [-0.3, -0.25) is 9.59 Å². The normalized spacial score (nSPS) is 26.5. The second kappa shape index (κ2) is 16.2. The van der Waals surface area contributed by atoms with E-state index in [0.717, 1.165) is 82.6 Å². The number of ether oxygens (including phenoxy) is 2. The lowest BCUT2D eigenvalue weighted by Gasteiger charge is -2.55. The van der Waals surface area contributed by atoms with E-state index in [0.29, 0.717) is 49.7 Å². The molecule has 4 saturated heterocycles. The number of esters is 1. The van der Waals surface area contributed by atoms with Gasteiger partial charge in [-0.1, -0.05) is 18.6 Å². The van der Waals surface area contributed by atoms with Gasteiger partial charge in [0.2, 0.25) is 5.91 Å². The Morgan fingerprint density at radius 1 is 0.889 bits per heavy atom. The van der Waals surface area contributed by atoms with Crippen molar-refractivity contribution in [2.24, 2.45) is 17.8 Å². The summed E-state index contributed by atoms with van der Waals surface area (Å²) in [6, 6.07) is 14.5. The summed E-state index contributed by atoms with van der Waals surface area (Å²) in [6.07, 6.45) is 7.98. The number of amides is 1. The fourth-order valence-electron chi connectivity index (χ4n) is 10.7. The zero-order valence-electron chi connectivity index (χ0n) is 32.4. The highest BCUT2D eigenvalue weighted by Crippen LogP contribution is 2.54. The highest BCUT2D eigenvalue weighted by atomic mass is 32.2. The summed E-state index contributed by atoms with van der Waals surface area (Å²) < 4.78 is 53.4. The third-order valence-corrected chi connectivity index (χ3v) is 16.0. The van der Waals surface area contributed by atoms with Crippen molar-refractivity contribution < 1.29 is 31.9 Å². The van der Waals surface area contributed by atoms with E-state index in [1.807, 2.05) is 18.2 Å². The molecule has 10 nitrogen and oxygen atoms in total. The van der Waals surface area contributed by atoms with Gasteiger partial charge in [0.25, 0.3) is 0 Å². The monoisotopic (exact) mass is 766 g/mol. The Balaban J connectivity index is 1.02. The van der Waals surface area contributed by atoms with Gasteiger partial charge in [0.15, 0.2) is 9.84 Å². The molecule has 7 rings (SSSR count). The molecule has 2 aromatic carbocycles. The second-order valence-electron chi connectivity index (χ2n) is 16.8.